The van der Waals surface area contributed by atoms with E-state index in [1.165, 1.54) is 11.1 Å². The molecular weight excluding hydrogens is 461 g/mol. The Kier molecular flexibility index (Phi) is 13.8. The first-order chi connectivity index (χ1) is 15.2. The number of pyridine rings is 2. The van der Waals surface area contributed by atoms with Gasteiger partial charge in [0, 0.05) is 44.4 Å². The van der Waals surface area contributed by atoms with Crippen molar-refractivity contribution in [3.05, 3.63) is 90.0 Å². The number of hydrogen-bond donors (Lipinski definition) is 0. The summed E-state index contributed by atoms with van der Waals surface area (Å²) in [5.74, 6) is 0.355. The molecule has 0 radical (unpaired) electrons. The van der Waals surface area contributed by atoms with Gasteiger partial charge in [-0.05, 0) is 67.3 Å². The molecule has 0 saturated carbocycles. The molecule has 0 saturated heterocycles. The summed E-state index contributed by atoms with van der Waals surface area (Å²) in [5, 5.41) is 0. The third-order valence-electron chi connectivity index (χ3n) is 4.83. The third kappa shape index (κ3) is 10.2. The molecule has 0 unspecified atom stereocenters. The van der Waals surface area contributed by atoms with Crippen LogP contribution in [0.15, 0.2) is 73.3 Å². The van der Waals surface area contributed by atoms with E-state index in [4.69, 9.17) is 9.47 Å². The predicted molar refractivity (Wildman–Crippen MR) is 134 cm³/mol. The smallest absolute Gasteiger partial charge is 0.338 e. The molecule has 3 rings (SSSR count). The van der Waals surface area contributed by atoms with Crippen LogP contribution in [0, 0.1) is 0 Å². The Bertz CT molecular complexity index is 930. The van der Waals surface area contributed by atoms with Gasteiger partial charge in [0.2, 0.25) is 0 Å². The zero-order chi connectivity index (χ0) is 21.7. The standard InChI is InChI=1S/C25H29N3O3.2ClH/c1-2-30-25(29)23-7-3-8-24(18-23)31-17-5-15-28(20-22-9-13-26-14-10-22)16-11-21-6-4-12-27-19-21;;/h3-4,6-10,12-14,18-19H,2,5,11,15-17,20H2,1H3;2*1H. The van der Waals surface area contributed by atoms with Crippen LogP contribution in [0.2, 0.25) is 0 Å². The van der Waals surface area contributed by atoms with Gasteiger partial charge < -0.3 is 9.47 Å². The van der Waals surface area contributed by atoms with E-state index in [-0.39, 0.29) is 30.8 Å². The molecule has 0 amide bonds. The van der Waals surface area contributed by atoms with Crippen LogP contribution in [0.5, 0.6) is 5.75 Å². The van der Waals surface area contributed by atoms with Crippen molar-refractivity contribution in [2.45, 2.75) is 26.3 Å². The summed E-state index contributed by atoms with van der Waals surface area (Å²) < 4.78 is 10.9. The molecule has 2 heterocycles. The van der Waals surface area contributed by atoms with Crippen LogP contribution in [0.3, 0.4) is 0 Å². The van der Waals surface area contributed by atoms with Gasteiger partial charge in [0.05, 0.1) is 18.8 Å². The first-order valence-corrected chi connectivity index (χ1v) is 10.6. The zero-order valence-electron chi connectivity index (χ0n) is 18.8. The molecule has 0 aliphatic carbocycles. The van der Waals surface area contributed by atoms with E-state index in [1.54, 1.807) is 25.3 Å². The molecule has 0 aliphatic rings. The lowest BCUT2D eigenvalue weighted by Gasteiger charge is -2.22. The zero-order valence-corrected chi connectivity index (χ0v) is 20.4. The molecule has 0 bridgehead atoms. The molecule has 2 aromatic heterocycles. The summed E-state index contributed by atoms with van der Waals surface area (Å²) in [4.78, 5) is 22.6. The van der Waals surface area contributed by atoms with Crippen molar-refractivity contribution < 1.29 is 14.3 Å². The number of benzene rings is 1. The highest BCUT2D eigenvalue weighted by Crippen LogP contribution is 2.15. The van der Waals surface area contributed by atoms with Gasteiger partial charge in [-0.25, -0.2) is 4.79 Å². The first kappa shape index (κ1) is 28.4. The monoisotopic (exact) mass is 491 g/mol. The van der Waals surface area contributed by atoms with Crippen molar-refractivity contribution in [3.63, 3.8) is 0 Å². The molecule has 0 N–H and O–H groups in total. The molecule has 33 heavy (non-hydrogen) atoms. The second kappa shape index (κ2) is 16.0. The number of nitrogens with zero attached hydrogens (tertiary/aromatic N) is 3. The van der Waals surface area contributed by atoms with Crippen molar-refractivity contribution >= 4 is 30.8 Å². The Morgan fingerprint density at radius 2 is 1.76 bits per heavy atom. The van der Waals surface area contributed by atoms with E-state index >= 15 is 0 Å². The second-order valence-corrected chi connectivity index (χ2v) is 7.19. The van der Waals surface area contributed by atoms with Gasteiger partial charge in [-0.1, -0.05) is 12.1 Å². The minimum atomic E-state index is -0.327. The minimum Gasteiger partial charge on any atom is -0.494 e. The summed E-state index contributed by atoms with van der Waals surface area (Å²) in [5.41, 5.74) is 2.98. The van der Waals surface area contributed by atoms with E-state index in [0.717, 1.165) is 32.5 Å². The minimum absolute atomic E-state index is 0. The van der Waals surface area contributed by atoms with Crippen LogP contribution in [-0.2, 0) is 17.7 Å². The topological polar surface area (TPSA) is 64.6 Å². The first-order valence-electron chi connectivity index (χ1n) is 10.6. The van der Waals surface area contributed by atoms with Crippen LogP contribution in [-0.4, -0.2) is 47.1 Å². The van der Waals surface area contributed by atoms with E-state index in [1.807, 2.05) is 36.8 Å². The molecule has 8 heteroatoms. The lowest BCUT2D eigenvalue weighted by Crippen LogP contribution is -2.28. The number of esters is 1. The number of carbonyl (C=O) groups is 1. The van der Waals surface area contributed by atoms with Crippen molar-refractivity contribution in [2.24, 2.45) is 0 Å². The largest absolute Gasteiger partial charge is 0.494 e. The molecule has 0 fully saturated rings. The van der Waals surface area contributed by atoms with Crippen LogP contribution in [0.25, 0.3) is 0 Å². The van der Waals surface area contributed by atoms with Crippen LogP contribution in [0.1, 0.15) is 34.8 Å². The van der Waals surface area contributed by atoms with Gasteiger partial charge in [-0.15, -0.1) is 24.8 Å². The van der Waals surface area contributed by atoms with Gasteiger partial charge >= 0.3 is 5.97 Å². The number of ether oxygens (including phenoxy) is 2. The molecule has 178 valence electrons. The maximum Gasteiger partial charge on any atom is 0.338 e. The van der Waals surface area contributed by atoms with Crippen LogP contribution >= 0.6 is 24.8 Å². The number of carbonyl (C=O) groups excluding carboxylic acids is 1. The number of rotatable bonds is 12. The number of hydrogen-bond acceptors (Lipinski definition) is 6. The summed E-state index contributed by atoms with van der Waals surface area (Å²) in [6.45, 7) is 5.43. The van der Waals surface area contributed by atoms with E-state index < -0.39 is 0 Å². The predicted octanol–water partition coefficient (Wildman–Crippen LogP) is 5.01. The van der Waals surface area contributed by atoms with Crippen LogP contribution < -0.4 is 4.74 Å². The van der Waals surface area contributed by atoms with E-state index in [9.17, 15) is 4.79 Å². The van der Waals surface area contributed by atoms with E-state index in [2.05, 4.69) is 33.1 Å². The highest BCUT2D eigenvalue weighted by Gasteiger charge is 2.09. The molecular formula is C25H31Cl2N3O3. The Hall–Kier alpha value is -2.67. The van der Waals surface area contributed by atoms with E-state index in [0.29, 0.717) is 24.5 Å². The number of halogens is 2. The fourth-order valence-corrected chi connectivity index (χ4v) is 3.25. The third-order valence-corrected chi connectivity index (χ3v) is 4.83. The van der Waals surface area contributed by atoms with Gasteiger partial charge in [-0.3, -0.25) is 14.9 Å². The molecule has 6 nitrogen and oxygen atoms in total. The fourth-order valence-electron chi connectivity index (χ4n) is 3.25. The quantitative estimate of drug-likeness (QED) is 0.262. The SMILES string of the molecule is CCOC(=O)c1cccc(OCCCN(CCc2cccnc2)Cc2ccncc2)c1.Cl.Cl. The summed E-state index contributed by atoms with van der Waals surface area (Å²) in [7, 11) is 0. The average molecular weight is 492 g/mol. The van der Waals surface area contributed by atoms with Gasteiger partial charge in [0.15, 0.2) is 0 Å². The summed E-state index contributed by atoms with van der Waals surface area (Å²) in [6, 6.07) is 15.3. The summed E-state index contributed by atoms with van der Waals surface area (Å²) in [6.07, 6.45) is 9.20. The Morgan fingerprint density at radius 3 is 2.48 bits per heavy atom. The van der Waals surface area contributed by atoms with Gasteiger partial charge in [-0.2, -0.15) is 0 Å². The Balaban J connectivity index is 0.00000272. The molecule has 0 aliphatic heterocycles. The number of aromatic nitrogens is 2. The molecule has 3 aromatic rings. The highest BCUT2D eigenvalue weighted by molar-refractivity contribution is 5.89. The molecule has 0 spiro atoms. The lowest BCUT2D eigenvalue weighted by molar-refractivity contribution is 0.0526. The molecule has 1 aromatic carbocycles. The van der Waals surface area contributed by atoms with Crippen molar-refractivity contribution in [2.75, 3.05) is 26.3 Å². The maximum absolute atomic E-state index is 11.9. The molecule has 0 atom stereocenters. The van der Waals surface area contributed by atoms with Gasteiger partial charge in [0.1, 0.15) is 5.75 Å². The van der Waals surface area contributed by atoms with Gasteiger partial charge in [0.25, 0.3) is 0 Å². The maximum atomic E-state index is 11.9. The van der Waals surface area contributed by atoms with Crippen LogP contribution in [0.4, 0.5) is 0 Å². The second-order valence-electron chi connectivity index (χ2n) is 7.19. The fraction of sp³-hybridized carbons (Fsp3) is 0.320. The van der Waals surface area contributed by atoms with Crippen molar-refractivity contribution in [1.29, 1.82) is 0 Å². The average Bonchev–Trinajstić information content (AvgIpc) is 2.82. The highest BCUT2D eigenvalue weighted by atomic mass is 35.5. The summed E-state index contributed by atoms with van der Waals surface area (Å²) >= 11 is 0. The Morgan fingerprint density at radius 1 is 0.939 bits per heavy atom. The Labute approximate surface area is 208 Å². The van der Waals surface area contributed by atoms with Crippen molar-refractivity contribution in [3.8, 4) is 5.75 Å². The lowest BCUT2D eigenvalue weighted by atomic mass is 10.2. The van der Waals surface area contributed by atoms with Crippen molar-refractivity contribution in [1.82, 2.24) is 14.9 Å². The normalized spacial score (nSPS) is 10.1.